The second kappa shape index (κ2) is 8.23. The van der Waals surface area contributed by atoms with Gasteiger partial charge < -0.3 is 10.6 Å². The van der Waals surface area contributed by atoms with Crippen molar-refractivity contribution >= 4 is 17.5 Å². The number of carbonyl (C=O) groups excluding carboxylic acids is 1. The second-order valence-electron chi connectivity index (χ2n) is 6.67. The minimum Gasteiger partial charge on any atom is -0.358 e. The van der Waals surface area contributed by atoms with Crippen LogP contribution in [0, 0.1) is 13.8 Å². The lowest BCUT2D eigenvalue weighted by Gasteiger charge is -2.34. The molecule has 0 saturated carbocycles. The van der Waals surface area contributed by atoms with Crippen LogP contribution in [0.25, 0.3) is 0 Å². The molecule has 1 amide bonds. The molecular formula is C19H26N6O. The number of likely N-dealkylation sites (N-methyl/N-ethyl adjacent to an activating group) is 1. The van der Waals surface area contributed by atoms with Gasteiger partial charge >= 0.3 is 0 Å². The Hall–Kier alpha value is -2.54. The molecule has 1 saturated heterocycles. The molecule has 0 spiro atoms. The van der Waals surface area contributed by atoms with Gasteiger partial charge in [-0.25, -0.2) is 15.0 Å². The molecule has 0 aromatic carbocycles. The molecule has 7 heteroatoms. The van der Waals surface area contributed by atoms with Crippen LogP contribution in [0.5, 0.6) is 0 Å². The predicted octanol–water partition coefficient (Wildman–Crippen LogP) is 2.51. The number of aryl methyl sites for hydroxylation is 2. The maximum atomic E-state index is 11.9. The van der Waals surface area contributed by atoms with E-state index in [9.17, 15) is 4.79 Å². The van der Waals surface area contributed by atoms with E-state index in [1.54, 1.807) is 7.05 Å². The van der Waals surface area contributed by atoms with Crippen molar-refractivity contribution < 1.29 is 4.79 Å². The zero-order chi connectivity index (χ0) is 18.5. The molecule has 1 unspecified atom stereocenters. The molecule has 138 valence electrons. The molecule has 0 aliphatic carbocycles. The number of piperidine rings is 1. The van der Waals surface area contributed by atoms with Crippen LogP contribution in [0.4, 0.5) is 11.6 Å². The van der Waals surface area contributed by atoms with Gasteiger partial charge in [-0.1, -0.05) is 12.5 Å². The quantitative estimate of drug-likeness (QED) is 0.858. The van der Waals surface area contributed by atoms with Gasteiger partial charge in [0.25, 0.3) is 0 Å². The van der Waals surface area contributed by atoms with Crippen LogP contribution in [0.3, 0.4) is 0 Å². The lowest BCUT2D eigenvalue weighted by molar-refractivity contribution is -0.122. The number of aromatic nitrogens is 3. The van der Waals surface area contributed by atoms with Crippen molar-refractivity contribution in [3.8, 4) is 0 Å². The van der Waals surface area contributed by atoms with Crippen molar-refractivity contribution in [1.29, 1.82) is 0 Å². The van der Waals surface area contributed by atoms with Gasteiger partial charge in [0.2, 0.25) is 5.91 Å². The first-order valence-corrected chi connectivity index (χ1v) is 9.06. The summed E-state index contributed by atoms with van der Waals surface area (Å²) in [4.78, 5) is 27.7. The van der Waals surface area contributed by atoms with Crippen LogP contribution < -0.4 is 10.6 Å². The summed E-state index contributed by atoms with van der Waals surface area (Å²) in [5.41, 5.74) is 1.90. The van der Waals surface area contributed by atoms with Crippen LogP contribution >= 0.6 is 0 Å². The number of hydrogen-bond donors (Lipinski definition) is 2. The Morgan fingerprint density at radius 1 is 1.19 bits per heavy atom. The Morgan fingerprint density at radius 2 is 2.04 bits per heavy atom. The highest BCUT2D eigenvalue weighted by Gasteiger charge is 2.27. The van der Waals surface area contributed by atoms with Crippen molar-refractivity contribution in [3.63, 3.8) is 0 Å². The molecule has 1 atom stereocenters. The molecule has 0 radical (unpaired) electrons. The Morgan fingerprint density at radius 3 is 2.81 bits per heavy atom. The van der Waals surface area contributed by atoms with Gasteiger partial charge in [-0.2, -0.15) is 0 Å². The highest BCUT2D eigenvalue weighted by atomic mass is 16.1. The topological polar surface area (TPSA) is 83.0 Å². The van der Waals surface area contributed by atoms with Gasteiger partial charge in [0, 0.05) is 18.8 Å². The van der Waals surface area contributed by atoms with Crippen molar-refractivity contribution in [2.45, 2.75) is 39.2 Å². The maximum absolute atomic E-state index is 11.9. The van der Waals surface area contributed by atoms with E-state index in [4.69, 9.17) is 0 Å². The average molecular weight is 354 g/mol. The largest absolute Gasteiger partial charge is 0.358 e. The third-order valence-electron chi connectivity index (χ3n) is 4.58. The number of nitrogens with one attached hydrogen (secondary N) is 2. The number of hydrogen-bond acceptors (Lipinski definition) is 6. The molecule has 2 aromatic rings. The summed E-state index contributed by atoms with van der Waals surface area (Å²) in [5, 5.41) is 5.98. The van der Waals surface area contributed by atoms with Crippen LogP contribution in [-0.4, -0.2) is 45.9 Å². The molecule has 1 aliphatic rings. The molecule has 2 aromatic heterocycles. The number of rotatable bonds is 5. The van der Waals surface area contributed by atoms with Crippen LogP contribution in [0.2, 0.25) is 0 Å². The van der Waals surface area contributed by atoms with E-state index < -0.39 is 0 Å². The first kappa shape index (κ1) is 18.3. The SMILES string of the molecule is CNC(=O)CN1CCCCC1c1cc(Nc2cccc(C)n2)nc(C)n1. The minimum atomic E-state index is 0.0324. The third kappa shape index (κ3) is 4.54. The lowest BCUT2D eigenvalue weighted by atomic mass is 9.99. The summed E-state index contributed by atoms with van der Waals surface area (Å²) < 4.78 is 0. The number of nitrogens with zero attached hydrogens (tertiary/aromatic N) is 4. The highest BCUT2D eigenvalue weighted by molar-refractivity contribution is 5.77. The van der Waals surface area contributed by atoms with E-state index >= 15 is 0 Å². The van der Waals surface area contributed by atoms with Gasteiger partial charge in [0.1, 0.15) is 17.5 Å². The third-order valence-corrected chi connectivity index (χ3v) is 4.58. The first-order chi connectivity index (χ1) is 12.5. The first-order valence-electron chi connectivity index (χ1n) is 9.06. The standard InChI is InChI=1S/C19H26N6O/c1-13-7-6-9-17(21-13)24-18-11-15(22-14(2)23-18)16-8-4-5-10-25(16)12-19(26)20-3/h6-7,9,11,16H,4-5,8,10,12H2,1-3H3,(H,20,26)(H,21,22,23,24). The van der Waals surface area contributed by atoms with Crippen molar-refractivity contribution in [2.75, 3.05) is 25.5 Å². The molecule has 0 bridgehead atoms. The molecule has 7 nitrogen and oxygen atoms in total. The van der Waals surface area contributed by atoms with Crippen LogP contribution in [0.1, 0.15) is 42.5 Å². The maximum Gasteiger partial charge on any atom is 0.233 e. The molecule has 2 N–H and O–H groups in total. The van der Waals surface area contributed by atoms with E-state index in [0.717, 1.165) is 48.8 Å². The van der Waals surface area contributed by atoms with Gasteiger partial charge in [0.15, 0.2) is 0 Å². The fourth-order valence-corrected chi connectivity index (χ4v) is 3.35. The molecule has 3 heterocycles. The average Bonchev–Trinajstić information content (AvgIpc) is 2.61. The summed E-state index contributed by atoms with van der Waals surface area (Å²) in [5.74, 6) is 2.24. The van der Waals surface area contributed by atoms with E-state index in [1.165, 1.54) is 0 Å². The molecule has 26 heavy (non-hydrogen) atoms. The Labute approximate surface area is 154 Å². The predicted molar refractivity (Wildman–Crippen MR) is 101 cm³/mol. The Bertz CT molecular complexity index is 778. The van der Waals surface area contributed by atoms with E-state index in [1.807, 2.05) is 38.1 Å². The fourth-order valence-electron chi connectivity index (χ4n) is 3.35. The zero-order valence-electron chi connectivity index (χ0n) is 15.6. The summed E-state index contributed by atoms with van der Waals surface area (Å²) in [6, 6.07) is 7.95. The molecule has 1 fully saturated rings. The summed E-state index contributed by atoms with van der Waals surface area (Å²) in [6.45, 7) is 5.15. The number of amides is 1. The minimum absolute atomic E-state index is 0.0324. The van der Waals surface area contributed by atoms with Crippen molar-refractivity contribution in [2.24, 2.45) is 0 Å². The van der Waals surface area contributed by atoms with Gasteiger partial charge in [-0.05, 0) is 45.4 Å². The van der Waals surface area contributed by atoms with Crippen molar-refractivity contribution in [1.82, 2.24) is 25.2 Å². The smallest absolute Gasteiger partial charge is 0.233 e. The van der Waals surface area contributed by atoms with Gasteiger partial charge in [0.05, 0.1) is 18.3 Å². The van der Waals surface area contributed by atoms with Crippen LogP contribution in [0.15, 0.2) is 24.3 Å². The molecule has 3 rings (SSSR count). The lowest BCUT2D eigenvalue weighted by Crippen LogP contribution is -2.41. The van der Waals surface area contributed by atoms with E-state index in [0.29, 0.717) is 12.4 Å². The van der Waals surface area contributed by atoms with Gasteiger partial charge in [-0.15, -0.1) is 0 Å². The highest BCUT2D eigenvalue weighted by Crippen LogP contribution is 2.30. The fraction of sp³-hybridized carbons (Fsp3) is 0.474. The molecular weight excluding hydrogens is 328 g/mol. The van der Waals surface area contributed by atoms with E-state index in [-0.39, 0.29) is 11.9 Å². The number of likely N-dealkylation sites (tertiary alicyclic amines) is 1. The molecule has 1 aliphatic heterocycles. The zero-order valence-corrected chi connectivity index (χ0v) is 15.6. The summed E-state index contributed by atoms with van der Waals surface area (Å²) in [7, 11) is 1.67. The number of pyridine rings is 1. The number of carbonyl (C=O) groups is 1. The van der Waals surface area contributed by atoms with Crippen LogP contribution in [-0.2, 0) is 4.79 Å². The van der Waals surface area contributed by atoms with E-state index in [2.05, 4.69) is 30.5 Å². The Kier molecular flexibility index (Phi) is 5.78. The summed E-state index contributed by atoms with van der Waals surface area (Å²) >= 11 is 0. The second-order valence-corrected chi connectivity index (χ2v) is 6.67. The number of anilines is 2. The monoisotopic (exact) mass is 354 g/mol. The van der Waals surface area contributed by atoms with Gasteiger partial charge in [-0.3, -0.25) is 9.69 Å². The Balaban J connectivity index is 1.84. The summed E-state index contributed by atoms with van der Waals surface area (Å²) in [6.07, 6.45) is 3.24. The normalized spacial score (nSPS) is 17.7. The van der Waals surface area contributed by atoms with Crippen molar-refractivity contribution in [3.05, 3.63) is 41.5 Å².